The zero-order chi connectivity index (χ0) is 70.2. The van der Waals surface area contributed by atoms with Crippen molar-refractivity contribution < 1.29 is 53.9 Å². The Morgan fingerprint density at radius 2 is 0.480 bits per heavy atom. The third kappa shape index (κ3) is 15.7. The zero-order valence-corrected chi connectivity index (χ0v) is 56.9. The van der Waals surface area contributed by atoms with E-state index < -0.39 is 24.1 Å². The van der Waals surface area contributed by atoms with Crippen LogP contribution in [0.15, 0.2) is 243 Å². The average Bonchev–Trinajstić information content (AvgIpc) is 1.66. The highest BCUT2D eigenvalue weighted by atomic mass is 16.5. The van der Waals surface area contributed by atoms with Crippen LogP contribution in [0.2, 0.25) is 0 Å². The Hall–Kier alpha value is -11.2. The molecule has 15 rings (SSSR count). The molecular weight excluding hydrogens is 1250 g/mol. The fraction of sp³-hybridized carbons (Fsp3) is 0.233. The van der Waals surface area contributed by atoms with E-state index >= 15 is 0 Å². The second kappa shape index (κ2) is 32.9. The lowest BCUT2D eigenvalue weighted by molar-refractivity contribution is -0.146. The Balaban J connectivity index is 0.000000136. The molecule has 0 aromatic heterocycles. The van der Waals surface area contributed by atoms with Crippen molar-refractivity contribution in [3.05, 3.63) is 298 Å². The molecule has 10 aromatic rings. The summed E-state index contributed by atoms with van der Waals surface area (Å²) in [7, 11) is 0. The summed E-state index contributed by atoms with van der Waals surface area (Å²) < 4.78 is 26.8. The maximum Gasteiger partial charge on any atom is 0.328 e. The maximum absolute atomic E-state index is 12.0. The molecule has 0 heterocycles. The quantitative estimate of drug-likeness (QED) is 0.0609. The molecule has 0 fully saturated rings. The summed E-state index contributed by atoms with van der Waals surface area (Å²) in [6, 6.07) is 80.8. The molecule has 100 heavy (non-hydrogen) atoms. The van der Waals surface area contributed by atoms with Gasteiger partial charge in [-0.15, -0.1) is 0 Å². The molecule has 5 N–H and O–H groups in total. The van der Waals surface area contributed by atoms with E-state index in [-0.39, 0.29) is 61.5 Å². The highest BCUT2D eigenvalue weighted by Gasteiger charge is 2.34. The number of rotatable bonds is 16. The van der Waals surface area contributed by atoms with Gasteiger partial charge >= 0.3 is 35.9 Å². The second-order valence-corrected chi connectivity index (χ2v) is 25.0. The molecular formula is C86H85N3O11. The molecule has 0 saturated heterocycles. The first-order chi connectivity index (χ1) is 48.7. The summed E-state index contributed by atoms with van der Waals surface area (Å²) in [6.45, 7) is 10.5. The van der Waals surface area contributed by atoms with Crippen molar-refractivity contribution in [2.75, 3.05) is 33.0 Å². The lowest BCUT2D eigenvalue weighted by Gasteiger charge is -2.16. The Labute approximate surface area is 586 Å². The Bertz CT molecular complexity index is 4110. The number of hydrogen-bond donors (Lipinski definition) is 3. The van der Waals surface area contributed by atoms with Crippen LogP contribution in [0.1, 0.15) is 141 Å². The highest BCUT2D eigenvalue weighted by molar-refractivity contribution is 5.85. The number of nitrogens with two attached hydrogens (primary N) is 2. The third-order valence-electron chi connectivity index (χ3n) is 18.8. The summed E-state index contributed by atoms with van der Waals surface area (Å²) in [5.74, 6) is -0.644. The molecule has 0 bridgehead atoms. The lowest BCUT2D eigenvalue weighted by Crippen LogP contribution is -2.42. The Kier molecular flexibility index (Phi) is 23.1. The molecule has 5 aliphatic carbocycles. The monoisotopic (exact) mass is 1340 g/mol. The normalized spacial score (nSPS) is 13.4. The van der Waals surface area contributed by atoms with Crippen LogP contribution >= 0.6 is 0 Å². The number of carbonyl (C=O) groups is 6. The van der Waals surface area contributed by atoms with Crippen molar-refractivity contribution in [1.29, 1.82) is 0 Å². The number of ether oxygens (including phenoxy) is 5. The third-order valence-corrected chi connectivity index (χ3v) is 18.8. The predicted molar refractivity (Wildman–Crippen MR) is 392 cm³/mol. The number of nitrogens with one attached hydrogen (secondary N) is 1. The number of esters is 5. The average molecular weight is 1340 g/mol. The van der Waals surface area contributed by atoms with E-state index in [1.807, 2.05) is 106 Å². The summed E-state index contributed by atoms with van der Waals surface area (Å²) in [6.07, 6.45) is 1.28. The molecule has 14 nitrogen and oxygen atoms in total. The topological polar surface area (TPSA) is 213 Å². The van der Waals surface area contributed by atoms with Crippen molar-refractivity contribution in [2.24, 2.45) is 11.5 Å². The standard InChI is InChI=1S/C18H18N2O3.C17H17NO2.3C17H16O2.H2/c1-11(20-18(19)22)17(21)23-10-16-14-8-4-2-6-12(14)13-7-3-5-9-15(13)16;1-11(18)17(19)20-10-16-14-8-4-2-6-12(14)13-7-3-5-9-15(13)16;3*1-2-17(18)19-11-16-14-9-5-3-7-12(14)13-8-4-6-10-15(13)16;/h2-9,11,16H,10H2,1H3,(H3,19,20,22);2-9,11,16H,10,18H2,1H3;3*3-10,16H,2,11H2,1H3;1H. The molecule has 5 aliphatic rings. The predicted octanol–water partition coefficient (Wildman–Crippen LogP) is 16.6. The lowest BCUT2D eigenvalue weighted by atomic mass is 9.98. The number of carbonyl (C=O) groups excluding carboxylic acids is 6. The first-order valence-corrected chi connectivity index (χ1v) is 34.2. The van der Waals surface area contributed by atoms with Gasteiger partial charge in [-0.3, -0.25) is 19.2 Å². The number of benzene rings is 10. The van der Waals surface area contributed by atoms with Gasteiger partial charge in [0.25, 0.3) is 0 Å². The number of urea groups is 1. The van der Waals surface area contributed by atoms with Crippen molar-refractivity contribution in [3.63, 3.8) is 0 Å². The first-order valence-electron chi connectivity index (χ1n) is 34.2. The fourth-order valence-corrected chi connectivity index (χ4v) is 13.9. The molecule has 0 saturated carbocycles. The van der Waals surface area contributed by atoms with Crippen LogP contribution in [-0.4, -0.2) is 81.0 Å². The van der Waals surface area contributed by atoms with Crippen molar-refractivity contribution in [1.82, 2.24) is 5.32 Å². The smallest absolute Gasteiger partial charge is 0.328 e. The molecule has 2 amide bonds. The summed E-state index contributed by atoms with van der Waals surface area (Å²) in [5.41, 5.74) is 35.2. The summed E-state index contributed by atoms with van der Waals surface area (Å²) in [4.78, 5) is 68.5. The van der Waals surface area contributed by atoms with Gasteiger partial charge in [0.2, 0.25) is 0 Å². The maximum atomic E-state index is 12.0. The largest absolute Gasteiger partial charge is 0.465 e. The van der Waals surface area contributed by atoms with Gasteiger partial charge in [-0.05, 0) is 125 Å². The second-order valence-electron chi connectivity index (χ2n) is 25.0. The van der Waals surface area contributed by atoms with E-state index in [1.54, 1.807) is 13.8 Å². The molecule has 2 atom stereocenters. The van der Waals surface area contributed by atoms with Crippen LogP contribution in [0.3, 0.4) is 0 Å². The highest BCUT2D eigenvalue weighted by Crippen LogP contribution is 2.49. The van der Waals surface area contributed by atoms with Gasteiger partial charge < -0.3 is 40.5 Å². The van der Waals surface area contributed by atoms with Crippen LogP contribution in [-0.2, 0) is 47.7 Å². The van der Waals surface area contributed by atoms with Crippen molar-refractivity contribution in [3.8, 4) is 55.6 Å². The fourth-order valence-electron chi connectivity index (χ4n) is 13.9. The Morgan fingerprint density at radius 1 is 0.310 bits per heavy atom. The number of hydrogen-bond acceptors (Lipinski definition) is 12. The minimum absolute atomic E-state index is 0. The molecule has 0 radical (unpaired) electrons. The van der Waals surface area contributed by atoms with Gasteiger partial charge in [0.1, 0.15) is 45.1 Å². The molecule has 2 unspecified atom stereocenters. The Morgan fingerprint density at radius 3 is 0.650 bits per heavy atom. The van der Waals surface area contributed by atoms with Gasteiger partial charge in [0.15, 0.2) is 0 Å². The van der Waals surface area contributed by atoms with Crippen LogP contribution in [0, 0.1) is 0 Å². The van der Waals surface area contributed by atoms with Crippen molar-refractivity contribution >= 4 is 35.9 Å². The SMILES string of the molecule is CC(N)C(=O)OCC1c2ccccc2-c2ccccc21.CC(NC(N)=O)C(=O)OCC1c2ccccc2-c2ccccc21.CCC(=O)OCC1c2ccccc2-c2ccccc21.CCC(=O)OCC1c2ccccc2-c2ccccc21.CCC(=O)OCC1c2ccccc2-c2ccccc21.[HH]. The van der Waals surface area contributed by atoms with Gasteiger partial charge in [0, 0.05) is 50.3 Å². The van der Waals surface area contributed by atoms with Crippen LogP contribution in [0.25, 0.3) is 55.6 Å². The van der Waals surface area contributed by atoms with Gasteiger partial charge in [0.05, 0.1) is 0 Å². The van der Waals surface area contributed by atoms with Crippen molar-refractivity contribution in [2.45, 2.75) is 95.6 Å². The van der Waals surface area contributed by atoms with Crippen LogP contribution in [0.4, 0.5) is 4.79 Å². The molecule has 0 spiro atoms. The number of fused-ring (bicyclic) bond motifs is 15. The summed E-state index contributed by atoms with van der Waals surface area (Å²) >= 11 is 0. The van der Waals surface area contributed by atoms with Crippen LogP contribution < -0.4 is 16.8 Å². The number of primary amides is 1. The molecule has 0 aliphatic heterocycles. The molecule has 10 aromatic carbocycles. The molecule has 14 heteroatoms. The minimum atomic E-state index is -0.764. The van der Waals surface area contributed by atoms with E-state index in [9.17, 15) is 28.8 Å². The van der Waals surface area contributed by atoms with Gasteiger partial charge in [-0.2, -0.15) is 0 Å². The molecule has 510 valence electrons. The van der Waals surface area contributed by atoms with E-state index in [4.69, 9.17) is 35.2 Å². The van der Waals surface area contributed by atoms with E-state index in [0.717, 1.165) is 11.1 Å². The minimum Gasteiger partial charge on any atom is -0.465 e. The van der Waals surface area contributed by atoms with Crippen LogP contribution in [0.5, 0.6) is 0 Å². The summed E-state index contributed by atoms with van der Waals surface area (Å²) in [5, 5.41) is 2.32. The van der Waals surface area contributed by atoms with E-state index in [0.29, 0.717) is 45.7 Å². The number of amides is 2. The first kappa shape index (κ1) is 70.1. The van der Waals surface area contributed by atoms with E-state index in [1.165, 1.54) is 100 Å². The zero-order valence-electron chi connectivity index (χ0n) is 56.9. The van der Waals surface area contributed by atoms with Gasteiger partial charge in [-0.1, -0.05) is 263 Å². The van der Waals surface area contributed by atoms with E-state index in [2.05, 4.69) is 163 Å². The van der Waals surface area contributed by atoms with Gasteiger partial charge in [-0.25, -0.2) is 9.59 Å².